The molecule has 0 unspecified atom stereocenters. The van der Waals surface area contributed by atoms with Gasteiger partial charge in [-0.3, -0.25) is 4.79 Å². The highest BCUT2D eigenvalue weighted by molar-refractivity contribution is 8.00. The average molecular weight is 345 g/mol. The Hall–Kier alpha value is -1.48. The lowest BCUT2D eigenvalue weighted by Crippen LogP contribution is -2.47. The molecule has 0 aromatic rings. The number of fused-ring (bicyclic) bond motifs is 1. The maximum absolute atomic E-state index is 11.7. The summed E-state index contributed by atoms with van der Waals surface area (Å²) in [5.74, 6) is -0.708. The first-order valence-corrected chi connectivity index (χ1v) is 8.82. The van der Waals surface area contributed by atoms with Crippen LogP contribution in [-0.2, 0) is 9.59 Å². The van der Waals surface area contributed by atoms with Gasteiger partial charge in [-0.1, -0.05) is 6.42 Å². The lowest BCUT2D eigenvalue weighted by atomic mass is 10.0. The largest absolute Gasteiger partial charge is 0.480 e. The van der Waals surface area contributed by atoms with Crippen LogP contribution in [0.1, 0.15) is 32.6 Å². The normalized spacial score (nSPS) is 28.4. The van der Waals surface area contributed by atoms with Crippen LogP contribution in [0.4, 0.5) is 4.79 Å². The topological polar surface area (TPSA) is 128 Å². The molecule has 0 saturated carbocycles. The number of carboxylic acids is 1. The lowest BCUT2D eigenvalue weighted by Gasteiger charge is -2.18. The van der Waals surface area contributed by atoms with Crippen molar-refractivity contribution >= 4 is 29.7 Å². The summed E-state index contributed by atoms with van der Waals surface area (Å²) in [5.41, 5.74) is 0. The summed E-state index contributed by atoms with van der Waals surface area (Å²) in [6.07, 6.45) is 1.47. The van der Waals surface area contributed by atoms with Gasteiger partial charge >= 0.3 is 12.0 Å². The summed E-state index contributed by atoms with van der Waals surface area (Å²) in [4.78, 5) is 33.9. The first kappa shape index (κ1) is 17.9. The van der Waals surface area contributed by atoms with Crippen molar-refractivity contribution in [2.45, 2.75) is 62.1 Å². The van der Waals surface area contributed by atoms with Crippen LogP contribution in [0.2, 0.25) is 0 Å². The predicted octanol–water partition coefficient (Wildman–Crippen LogP) is -0.338. The zero-order valence-corrected chi connectivity index (χ0v) is 13.8. The molecule has 5 atom stereocenters. The number of thioether (sulfide) groups is 1. The molecule has 2 aliphatic heterocycles. The van der Waals surface area contributed by atoms with Crippen LogP contribution in [0.15, 0.2) is 0 Å². The molecule has 5 N–H and O–H groups in total. The maximum Gasteiger partial charge on any atom is 0.328 e. The van der Waals surface area contributed by atoms with E-state index in [1.54, 1.807) is 0 Å². The summed E-state index contributed by atoms with van der Waals surface area (Å²) in [6.45, 7) is 1.33. The Balaban J connectivity index is 1.64. The molecule has 0 bridgehead atoms. The van der Waals surface area contributed by atoms with Gasteiger partial charge < -0.3 is 26.2 Å². The Morgan fingerprint density at radius 2 is 2.13 bits per heavy atom. The quantitative estimate of drug-likeness (QED) is 0.302. The molecule has 2 heterocycles. The number of carbonyl (C=O) groups excluding carboxylic acids is 2. The Bertz CT molecular complexity index is 473. The van der Waals surface area contributed by atoms with Crippen molar-refractivity contribution < 1.29 is 24.6 Å². The molecule has 0 aliphatic carbocycles. The van der Waals surface area contributed by atoms with Crippen molar-refractivity contribution in [3.63, 3.8) is 0 Å². The number of amides is 3. The van der Waals surface area contributed by atoms with Crippen LogP contribution < -0.4 is 16.0 Å². The summed E-state index contributed by atoms with van der Waals surface area (Å²) in [7, 11) is 0. The molecule has 0 radical (unpaired) electrons. The van der Waals surface area contributed by atoms with Gasteiger partial charge in [-0.15, -0.1) is 0 Å². The first-order valence-electron chi connectivity index (χ1n) is 7.77. The summed E-state index contributed by atoms with van der Waals surface area (Å²) >= 11 is 1.83. The van der Waals surface area contributed by atoms with Gasteiger partial charge in [0.2, 0.25) is 5.91 Å². The Labute approximate surface area is 138 Å². The van der Waals surface area contributed by atoms with E-state index in [-0.39, 0.29) is 30.4 Å². The van der Waals surface area contributed by atoms with Gasteiger partial charge in [0.25, 0.3) is 0 Å². The SMILES string of the molecule is C[C@@H](O)[C@H](NC(=O)CCCC[C@@H]1SC[C@@H]2NC(=O)N[C@@H]21)C(=O)O. The van der Waals surface area contributed by atoms with E-state index in [1.807, 2.05) is 11.8 Å². The Morgan fingerprint density at radius 1 is 1.39 bits per heavy atom. The standard InChI is InChI=1S/C14H23N3O5S/c1-7(18)11(13(20)21)16-10(19)5-3-2-4-9-12-8(6-23-9)15-14(22)17-12/h7-9,11-12,18H,2-6H2,1H3,(H,16,19)(H,20,21)(H2,15,17,22)/t7-,8+,9+,11+,12+/m1/s1. The molecule has 8 nitrogen and oxygen atoms in total. The fourth-order valence-electron chi connectivity index (χ4n) is 2.91. The van der Waals surface area contributed by atoms with Gasteiger partial charge in [-0.25, -0.2) is 9.59 Å². The van der Waals surface area contributed by atoms with Gasteiger partial charge in [-0.2, -0.15) is 11.8 Å². The van der Waals surface area contributed by atoms with E-state index < -0.39 is 18.1 Å². The van der Waals surface area contributed by atoms with E-state index in [9.17, 15) is 19.5 Å². The van der Waals surface area contributed by atoms with E-state index >= 15 is 0 Å². The average Bonchev–Trinajstić information content (AvgIpc) is 3.00. The number of carbonyl (C=O) groups is 3. The lowest BCUT2D eigenvalue weighted by molar-refractivity contribution is -0.144. The Kier molecular flexibility index (Phi) is 6.11. The van der Waals surface area contributed by atoms with Crippen LogP contribution in [0, 0.1) is 0 Å². The van der Waals surface area contributed by atoms with Crippen molar-refractivity contribution in [1.29, 1.82) is 0 Å². The van der Waals surface area contributed by atoms with Gasteiger partial charge in [0.1, 0.15) is 0 Å². The van der Waals surface area contributed by atoms with Crippen LogP contribution in [0.3, 0.4) is 0 Å². The molecule has 2 saturated heterocycles. The predicted molar refractivity (Wildman–Crippen MR) is 85.2 cm³/mol. The van der Waals surface area contributed by atoms with Crippen molar-refractivity contribution in [3.8, 4) is 0 Å². The second-order valence-corrected chi connectivity index (χ2v) is 7.26. The molecule has 0 aromatic carbocycles. The maximum atomic E-state index is 11.7. The van der Waals surface area contributed by atoms with Crippen molar-refractivity contribution in [3.05, 3.63) is 0 Å². The number of carboxylic acid groups (broad SMARTS) is 1. The molecule has 3 amide bonds. The number of hydrogen-bond acceptors (Lipinski definition) is 5. The van der Waals surface area contributed by atoms with Crippen LogP contribution in [0.25, 0.3) is 0 Å². The van der Waals surface area contributed by atoms with Gasteiger partial charge in [0.05, 0.1) is 18.2 Å². The van der Waals surface area contributed by atoms with Gasteiger partial charge in [-0.05, 0) is 19.8 Å². The molecule has 2 fully saturated rings. The molecule has 0 aromatic heterocycles. The van der Waals surface area contributed by atoms with Crippen LogP contribution in [0.5, 0.6) is 0 Å². The minimum Gasteiger partial charge on any atom is -0.480 e. The number of aliphatic hydroxyl groups is 1. The number of hydrogen-bond donors (Lipinski definition) is 5. The zero-order chi connectivity index (χ0) is 17.0. The van der Waals surface area contributed by atoms with Crippen LogP contribution >= 0.6 is 11.8 Å². The molecule has 0 spiro atoms. The monoisotopic (exact) mass is 345 g/mol. The second kappa shape index (κ2) is 7.87. The molecule has 23 heavy (non-hydrogen) atoms. The number of aliphatic carboxylic acids is 1. The third-order valence-electron chi connectivity index (χ3n) is 4.15. The van der Waals surface area contributed by atoms with E-state index in [1.165, 1.54) is 6.92 Å². The Morgan fingerprint density at radius 3 is 2.78 bits per heavy atom. The fraction of sp³-hybridized carbons (Fsp3) is 0.786. The molecular formula is C14H23N3O5S. The number of urea groups is 1. The summed E-state index contributed by atoms with van der Waals surface area (Å²) in [6, 6.07) is -1.02. The molecule has 9 heteroatoms. The van der Waals surface area contributed by atoms with Gasteiger partial charge in [0, 0.05) is 17.4 Å². The number of rotatable bonds is 8. The van der Waals surface area contributed by atoms with E-state index in [0.717, 1.165) is 18.6 Å². The molecule has 130 valence electrons. The summed E-state index contributed by atoms with van der Waals surface area (Å²) in [5, 5.41) is 26.7. The fourth-order valence-corrected chi connectivity index (χ4v) is 4.45. The molecular weight excluding hydrogens is 322 g/mol. The highest BCUT2D eigenvalue weighted by Crippen LogP contribution is 2.33. The second-order valence-electron chi connectivity index (χ2n) is 5.99. The van der Waals surface area contributed by atoms with E-state index in [2.05, 4.69) is 16.0 Å². The van der Waals surface area contributed by atoms with Crippen molar-refractivity contribution in [2.24, 2.45) is 0 Å². The number of nitrogens with one attached hydrogen (secondary N) is 3. The minimum atomic E-state index is -1.27. The molecule has 2 rings (SSSR count). The van der Waals surface area contributed by atoms with E-state index in [4.69, 9.17) is 5.11 Å². The smallest absolute Gasteiger partial charge is 0.328 e. The van der Waals surface area contributed by atoms with Crippen molar-refractivity contribution in [2.75, 3.05) is 5.75 Å². The number of unbranched alkanes of at least 4 members (excludes halogenated alkanes) is 1. The highest BCUT2D eigenvalue weighted by atomic mass is 32.2. The number of aliphatic hydroxyl groups excluding tert-OH is 1. The van der Waals surface area contributed by atoms with Crippen molar-refractivity contribution in [1.82, 2.24) is 16.0 Å². The first-order chi connectivity index (χ1) is 10.9. The van der Waals surface area contributed by atoms with Gasteiger partial charge in [0.15, 0.2) is 6.04 Å². The zero-order valence-electron chi connectivity index (χ0n) is 12.9. The minimum absolute atomic E-state index is 0.109. The highest BCUT2D eigenvalue weighted by Gasteiger charge is 2.42. The van der Waals surface area contributed by atoms with E-state index in [0.29, 0.717) is 11.7 Å². The third kappa shape index (κ3) is 4.74. The van der Waals surface area contributed by atoms with Crippen LogP contribution in [-0.4, -0.2) is 63.4 Å². The molecule has 2 aliphatic rings. The third-order valence-corrected chi connectivity index (χ3v) is 5.65. The summed E-state index contributed by atoms with van der Waals surface area (Å²) < 4.78 is 0.